The molecule has 0 aromatic heterocycles. The second kappa shape index (κ2) is 9.19. The molecule has 7 nitrogen and oxygen atoms in total. The summed E-state index contributed by atoms with van der Waals surface area (Å²) >= 11 is 0. The maximum Gasteiger partial charge on any atom is 0.308 e. The Bertz CT molecular complexity index is 998. The zero-order valence-electron chi connectivity index (χ0n) is 16.9. The molecule has 3 N–H and O–H groups in total. The summed E-state index contributed by atoms with van der Waals surface area (Å²) < 4.78 is 28.5. The quantitative estimate of drug-likeness (QED) is 0.671. The number of hydrogen-bond acceptors (Lipinski definition) is 5. The molecule has 156 valence electrons. The van der Waals surface area contributed by atoms with Gasteiger partial charge in [0.25, 0.3) is 5.91 Å². The number of nitrogens with two attached hydrogens (primary N) is 1. The molecule has 1 amide bonds. The van der Waals surface area contributed by atoms with Gasteiger partial charge in [-0.1, -0.05) is 35.9 Å². The van der Waals surface area contributed by atoms with Crippen molar-refractivity contribution in [2.45, 2.75) is 51.2 Å². The number of carbonyl (C=O) groups is 2. The van der Waals surface area contributed by atoms with Crippen LogP contribution in [-0.2, 0) is 19.6 Å². The van der Waals surface area contributed by atoms with Gasteiger partial charge in [-0.3, -0.25) is 9.59 Å². The molecule has 29 heavy (non-hydrogen) atoms. The standard InChI is InChI=1S/C21H26N2O5S/c1-13(2)28-20(24)12-19(16-8-5-14(3)6-9-16)23-21(25)18-11-17(29(22,26)27)10-7-15(18)4/h5-11,13,19H,12H2,1-4H3,(H,23,25)(H2,22,26,27)/t19-/m0/s1. The summed E-state index contributed by atoms with van der Waals surface area (Å²) in [6.45, 7) is 7.13. The van der Waals surface area contributed by atoms with Crippen LogP contribution in [0.15, 0.2) is 47.4 Å². The number of ether oxygens (including phenoxy) is 1. The maximum absolute atomic E-state index is 12.9. The van der Waals surface area contributed by atoms with Crippen molar-refractivity contribution in [3.63, 3.8) is 0 Å². The predicted molar refractivity (Wildman–Crippen MR) is 110 cm³/mol. The number of hydrogen-bond donors (Lipinski definition) is 2. The summed E-state index contributed by atoms with van der Waals surface area (Å²) in [7, 11) is -3.95. The molecule has 0 unspecified atom stereocenters. The van der Waals surface area contributed by atoms with Gasteiger partial charge in [-0.05, 0) is 51.0 Å². The molecule has 0 aliphatic heterocycles. The first-order valence-electron chi connectivity index (χ1n) is 9.17. The minimum absolute atomic E-state index is 0.0547. The van der Waals surface area contributed by atoms with Crippen molar-refractivity contribution in [2.24, 2.45) is 5.14 Å². The van der Waals surface area contributed by atoms with Gasteiger partial charge in [0.15, 0.2) is 0 Å². The fourth-order valence-electron chi connectivity index (χ4n) is 2.79. The van der Waals surface area contributed by atoms with E-state index in [0.29, 0.717) is 5.56 Å². The second-order valence-electron chi connectivity index (χ2n) is 7.20. The van der Waals surface area contributed by atoms with Crippen LogP contribution in [0, 0.1) is 13.8 Å². The van der Waals surface area contributed by atoms with E-state index in [1.165, 1.54) is 18.2 Å². The highest BCUT2D eigenvalue weighted by Crippen LogP contribution is 2.21. The number of esters is 1. The molecule has 0 aliphatic carbocycles. The molecule has 0 bridgehead atoms. The zero-order valence-corrected chi connectivity index (χ0v) is 17.7. The lowest BCUT2D eigenvalue weighted by molar-refractivity contribution is -0.147. The van der Waals surface area contributed by atoms with E-state index in [4.69, 9.17) is 9.88 Å². The van der Waals surface area contributed by atoms with Gasteiger partial charge in [0.05, 0.1) is 23.5 Å². The molecule has 0 aliphatic rings. The normalized spacial score (nSPS) is 12.5. The molecule has 2 aromatic carbocycles. The molecule has 0 spiro atoms. The summed E-state index contributed by atoms with van der Waals surface area (Å²) in [4.78, 5) is 25.0. The SMILES string of the molecule is Cc1ccc([C@H](CC(=O)OC(C)C)NC(=O)c2cc(S(N)(=O)=O)ccc2C)cc1. The number of rotatable bonds is 7. The molecule has 1 atom stereocenters. The van der Waals surface area contributed by atoms with Crippen molar-refractivity contribution in [1.82, 2.24) is 5.32 Å². The van der Waals surface area contributed by atoms with Gasteiger partial charge in [-0.2, -0.15) is 0 Å². The van der Waals surface area contributed by atoms with Crippen molar-refractivity contribution >= 4 is 21.9 Å². The fraction of sp³-hybridized carbons (Fsp3) is 0.333. The number of carbonyl (C=O) groups excluding carboxylic acids is 2. The Balaban J connectivity index is 2.34. The molecule has 0 saturated heterocycles. The smallest absolute Gasteiger partial charge is 0.308 e. The van der Waals surface area contributed by atoms with Gasteiger partial charge in [-0.15, -0.1) is 0 Å². The van der Waals surface area contributed by atoms with E-state index in [0.717, 1.165) is 11.1 Å². The van der Waals surface area contributed by atoms with E-state index in [9.17, 15) is 18.0 Å². The van der Waals surface area contributed by atoms with Crippen LogP contribution in [0.3, 0.4) is 0 Å². The Hall–Kier alpha value is -2.71. The van der Waals surface area contributed by atoms with Crippen molar-refractivity contribution in [3.05, 3.63) is 64.7 Å². The van der Waals surface area contributed by atoms with Gasteiger partial charge in [-0.25, -0.2) is 13.6 Å². The van der Waals surface area contributed by atoms with Crippen LogP contribution in [0.4, 0.5) is 0 Å². The lowest BCUT2D eigenvalue weighted by Crippen LogP contribution is -2.31. The summed E-state index contributed by atoms with van der Waals surface area (Å²) in [6, 6.07) is 10.9. The highest BCUT2D eigenvalue weighted by molar-refractivity contribution is 7.89. The maximum atomic E-state index is 12.9. The fourth-order valence-corrected chi connectivity index (χ4v) is 3.33. The van der Waals surface area contributed by atoms with Crippen LogP contribution in [0.2, 0.25) is 0 Å². The van der Waals surface area contributed by atoms with Crippen LogP contribution in [0.1, 0.15) is 53.4 Å². The highest BCUT2D eigenvalue weighted by atomic mass is 32.2. The lowest BCUT2D eigenvalue weighted by Gasteiger charge is -2.20. The van der Waals surface area contributed by atoms with Crippen LogP contribution in [-0.4, -0.2) is 26.4 Å². The Morgan fingerprint density at radius 1 is 1.07 bits per heavy atom. The van der Waals surface area contributed by atoms with Crippen LogP contribution in [0.25, 0.3) is 0 Å². The van der Waals surface area contributed by atoms with Gasteiger partial charge in [0.2, 0.25) is 10.0 Å². The summed E-state index contributed by atoms with van der Waals surface area (Å²) in [5.74, 6) is -0.947. The zero-order chi connectivity index (χ0) is 21.8. The number of nitrogens with one attached hydrogen (secondary N) is 1. The first kappa shape index (κ1) is 22.6. The molecule has 2 aromatic rings. The van der Waals surface area contributed by atoms with Gasteiger partial charge in [0.1, 0.15) is 0 Å². The molecule has 8 heteroatoms. The third-order valence-corrected chi connectivity index (χ3v) is 5.22. The van der Waals surface area contributed by atoms with E-state index in [2.05, 4.69) is 5.32 Å². The third-order valence-electron chi connectivity index (χ3n) is 4.31. The minimum atomic E-state index is -3.95. The Morgan fingerprint density at radius 2 is 1.69 bits per heavy atom. The van der Waals surface area contributed by atoms with Crippen molar-refractivity contribution in [3.8, 4) is 0 Å². The van der Waals surface area contributed by atoms with E-state index in [-0.39, 0.29) is 23.0 Å². The van der Waals surface area contributed by atoms with E-state index >= 15 is 0 Å². The number of amides is 1. The van der Waals surface area contributed by atoms with E-state index < -0.39 is 27.9 Å². The van der Waals surface area contributed by atoms with Gasteiger partial charge >= 0.3 is 5.97 Å². The van der Waals surface area contributed by atoms with Gasteiger partial charge < -0.3 is 10.1 Å². The van der Waals surface area contributed by atoms with Gasteiger partial charge in [0, 0.05) is 5.56 Å². The Labute approximate surface area is 171 Å². The average molecular weight is 419 g/mol. The molecule has 0 saturated carbocycles. The van der Waals surface area contributed by atoms with E-state index in [1.807, 2.05) is 31.2 Å². The van der Waals surface area contributed by atoms with Crippen LogP contribution < -0.4 is 10.5 Å². The molecule has 0 heterocycles. The average Bonchev–Trinajstić information content (AvgIpc) is 2.60. The third kappa shape index (κ3) is 6.40. The summed E-state index contributed by atoms with van der Waals surface area (Å²) in [6.07, 6.45) is -0.327. The number of aryl methyl sites for hydroxylation is 2. The lowest BCUT2D eigenvalue weighted by atomic mass is 10.0. The summed E-state index contributed by atoms with van der Waals surface area (Å²) in [5, 5.41) is 7.99. The molecular weight excluding hydrogens is 392 g/mol. The Kier molecular flexibility index (Phi) is 7.16. The Morgan fingerprint density at radius 3 is 2.24 bits per heavy atom. The molecular formula is C21H26N2O5S. The topological polar surface area (TPSA) is 116 Å². The minimum Gasteiger partial charge on any atom is -0.463 e. The summed E-state index contributed by atoms with van der Waals surface area (Å²) in [5.41, 5.74) is 2.54. The molecule has 0 fully saturated rings. The number of primary sulfonamides is 1. The number of sulfonamides is 1. The number of benzene rings is 2. The molecule has 0 radical (unpaired) electrons. The highest BCUT2D eigenvalue weighted by Gasteiger charge is 2.22. The largest absolute Gasteiger partial charge is 0.463 e. The molecule has 2 rings (SSSR count). The predicted octanol–water partition coefficient (Wildman–Crippen LogP) is 2.76. The van der Waals surface area contributed by atoms with Crippen molar-refractivity contribution in [2.75, 3.05) is 0 Å². The van der Waals surface area contributed by atoms with Crippen LogP contribution in [0.5, 0.6) is 0 Å². The van der Waals surface area contributed by atoms with Crippen molar-refractivity contribution < 1.29 is 22.7 Å². The second-order valence-corrected chi connectivity index (χ2v) is 8.76. The first-order valence-corrected chi connectivity index (χ1v) is 10.7. The van der Waals surface area contributed by atoms with Crippen molar-refractivity contribution in [1.29, 1.82) is 0 Å². The van der Waals surface area contributed by atoms with E-state index in [1.54, 1.807) is 20.8 Å². The monoisotopic (exact) mass is 418 g/mol. The first-order chi connectivity index (χ1) is 13.5. The van der Waals surface area contributed by atoms with Crippen LogP contribution >= 0.6 is 0 Å².